The lowest BCUT2D eigenvalue weighted by Gasteiger charge is -2.07. The Morgan fingerprint density at radius 1 is 0.897 bits per heavy atom. The van der Waals surface area contributed by atoms with E-state index in [1.807, 2.05) is 54.6 Å². The summed E-state index contributed by atoms with van der Waals surface area (Å²) >= 11 is 0. The summed E-state index contributed by atoms with van der Waals surface area (Å²) in [5, 5.41) is 1.80. The first-order valence-electron chi connectivity index (χ1n) is 10.1. The Kier molecular flexibility index (Phi) is 5.76. The van der Waals surface area contributed by atoms with Crippen LogP contribution in [0.2, 0.25) is 0 Å². The van der Waals surface area contributed by atoms with E-state index in [0.717, 1.165) is 45.5 Å². The molecular weight excluding hydrogens is 358 g/mol. The van der Waals surface area contributed by atoms with Gasteiger partial charge in [0.15, 0.2) is 0 Å². The lowest BCUT2D eigenvalue weighted by atomic mass is 10.1. The number of fused-ring (bicyclic) bond motifs is 1. The molecule has 0 amide bonds. The van der Waals surface area contributed by atoms with Crippen molar-refractivity contribution in [3.05, 3.63) is 89.8 Å². The van der Waals surface area contributed by atoms with Crippen molar-refractivity contribution in [2.45, 2.75) is 26.2 Å². The van der Waals surface area contributed by atoms with E-state index < -0.39 is 0 Å². The van der Waals surface area contributed by atoms with Crippen LogP contribution in [0.15, 0.2) is 88.3 Å². The van der Waals surface area contributed by atoms with Gasteiger partial charge in [-0.15, -0.1) is 0 Å². The molecule has 3 heteroatoms. The fraction of sp³-hybridized carbons (Fsp3) is 0.192. The maximum Gasteiger partial charge on any atom is 0.137 e. The molecule has 0 atom stereocenters. The molecule has 3 nitrogen and oxygen atoms in total. The van der Waals surface area contributed by atoms with Crippen molar-refractivity contribution in [3.8, 4) is 17.1 Å². The molecule has 0 unspecified atom stereocenters. The molecule has 146 valence electrons. The minimum absolute atomic E-state index is 0.783. The number of aryl methyl sites for hydroxylation is 1. The predicted molar refractivity (Wildman–Crippen MR) is 118 cm³/mol. The highest BCUT2D eigenvalue weighted by atomic mass is 16.5. The average Bonchev–Trinajstić information content (AvgIpc) is 2.79. The van der Waals surface area contributed by atoms with E-state index in [4.69, 9.17) is 14.1 Å². The highest BCUT2D eigenvalue weighted by molar-refractivity contribution is 5.80. The van der Waals surface area contributed by atoms with Crippen LogP contribution in [0.25, 0.3) is 22.3 Å². The third-order valence-electron chi connectivity index (χ3n) is 5.01. The quantitative estimate of drug-likeness (QED) is 0.372. The average molecular weight is 383 g/mol. The number of hydrogen-bond acceptors (Lipinski definition) is 3. The fourth-order valence-electron chi connectivity index (χ4n) is 3.37. The van der Waals surface area contributed by atoms with Gasteiger partial charge in [0.2, 0.25) is 0 Å². The van der Waals surface area contributed by atoms with Gasteiger partial charge in [-0.3, -0.25) is 0 Å². The molecule has 0 aliphatic heterocycles. The van der Waals surface area contributed by atoms with Crippen LogP contribution in [0.4, 0.5) is 5.69 Å². The minimum atomic E-state index is 0.783. The SMILES string of the molecule is CCCCc1ccc(N=c2cc(-c3ccccc3)oc3ccc(OC)cc23)cc1. The highest BCUT2D eigenvalue weighted by Gasteiger charge is 2.07. The summed E-state index contributed by atoms with van der Waals surface area (Å²) in [6.07, 6.45) is 3.52. The van der Waals surface area contributed by atoms with Crippen LogP contribution >= 0.6 is 0 Å². The zero-order valence-electron chi connectivity index (χ0n) is 16.9. The smallest absolute Gasteiger partial charge is 0.137 e. The molecule has 1 aromatic heterocycles. The molecule has 0 aliphatic rings. The van der Waals surface area contributed by atoms with Gasteiger partial charge >= 0.3 is 0 Å². The van der Waals surface area contributed by atoms with Crippen molar-refractivity contribution < 1.29 is 9.15 Å². The molecule has 1 heterocycles. The lowest BCUT2D eigenvalue weighted by molar-refractivity contribution is 0.415. The number of benzene rings is 3. The highest BCUT2D eigenvalue weighted by Crippen LogP contribution is 2.25. The van der Waals surface area contributed by atoms with Crippen LogP contribution in [-0.4, -0.2) is 7.11 Å². The third kappa shape index (κ3) is 4.40. The molecule has 0 aliphatic carbocycles. The van der Waals surface area contributed by atoms with Gasteiger partial charge in [-0.05, 0) is 48.7 Å². The lowest BCUT2D eigenvalue weighted by Crippen LogP contribution is -2.03. The molecular formula is C26H25NO2. The molecule has 0 spiro atoms. The Morgan fingerprint density at radius 2 is 1.69 bits per heavy atom. The van der Waals surface area contributed by atoms with Crippen molar-refractivity contribution in [2.75, 3.05) is 7.11 Å². The van der Waals surface area contributed by atoms with E-state index in [0.29, 0.717) is 0 Å². The second-order valence-corrected chi connectivity index (χ2v) is 7.11. The van der Waals surface area contributed by atoms with Crippen LogP contribution in [-0.2, 0) is 6.42 Å². The fourth-order valence-corrected chi connectivity index (χ4v) is 3.37. The Morgan fingerprint density at radius 3 is 2.41 bits per heavy atom. The summed E-state index contributed by atoms with van der Waals surface area (Å²) in [7, 11) is 1.67. The Labute approximate surface area is 171 Å². The molecule has 0 fully saturated rings. The van der Waals surface area contributed by atoms with E-state index in [1.54, 1.807) is 7.11 Å². The molecule has 0 radical (unpaired) electrons. The zero-order valence-corrected chi connectivity index (χ0v) is 16.9. The zero-order chi connectivity index (χ0) is 20.1. The second kappa shape index (κ2) is 8.78. The van der Waals surface area contributed by atoms with Crippen molar-refractivity contribution in [2.24, 2.45) is 4.99 Å². The van der Waals surface area contributed by atoms with Gasteiger partial charge in [-0.25, -0.2) is 4.99 Å². The number of hydrogen-bond donors (Lipinski definition) is 0. The maximum atomic E-state index is 6.17. The summed E-state index contributed by atoms with van der Waals surface area (Å²) in [6.45, 7) is 2.22. The number of rotatable bonds is 6. The van der Waals surface area contributed by atoms with E-state index in [-0.39, 0.29) is 0 Å². The normalized spacial score (nSPS) is 11.7. The molecule has 4 aromatic rings. The molecule has 0 N–H and O–H groups in total. The van der Waals surface area contributed by atoms with Crippen LogP contribution in [0.5, 0.6) is 5.75 Å². The predicted octanol–water partition coefficient (Wildman–Crippen LogP) is 6.68. The van der Waals surface area contributed by atoms with Crippen molar-refractivity contribution in [1.82, 2.24) is 0 Å². The van der Waals surface area contributed by atoms with Crippen LogP contribution < -0.4 is 10.1 Å². The summed E-state index contributed by atoms with van der Waals surface area (Å²) in [4.78, 5) is 4.94. The van der Waals surface area contributed by atoms with E-state index in [9.17, 15) is 0 Å². The molecule has 3 aromatic carbocycles. The van der Waals surface area contributed by atoms with Gasteiger partial charge in [0.05, 0.1) is 18.2 Å². The summed E-state index contributed by atoms with van der Waals surface area (Å²) in [5.74, 6) is 1.58. The Bertz CT molecular complexity index is 1160. The summed E-state index contributed by atoms with van der Waals surface area (Å²) < 4.78 is 11.6. The third-order valence-corrected chi connectivity index (χ3v) is 5.01. The molecule has 0 bridgehead atoms. The minimum Gasteiger partial charge on any atom is -0.497 e. The number of ether oxygens (including phenoxy) is 1. The molecule has 4 rings (SSSR count). The van der Waals surface area contributed by atoms with Crippen LogP contribution in [0.1, 0.15) is 25.3 Å². The molecule has 0 saturated heterocycles. The van der Waals surface area contributed by atoms with Gasteiger partial charge < -0.3 is 9.15 Å². The number of methoxy groups -OCH3 is 1. The Hall–Kier alpha value is -3.33. The maximum absolute atomic E-state index is 6.17. The van der Waals surface area contributed by atoms with Crippen LogP contribution in [0, 0.1) is 0 Å². The second-order valence-electron chi connectivity index (χ2n) is 7.11. The molecule has 0 saturated carbocycles. The first kappa shape index (κ1) is 19.0. The number of unbranched alkanes of at least 4 members (excludes halogenated alkanes) is 1. The van der Waals surface area contributed by atoms with Gasteiger partial charge in [-0.1, -0.05) is 55.8 Å². The van der Waals surface area contributed by atoms with Gasteiger partial charge in [-0.2, -0.15) is 0 Å². The first-order chi connectivity index (χ1) is 14.3. The monoisotopic (exact) mass is 383 g/mol. The standard InChI is InChI=1S/C26H25NO2/c1-3-4-8-19-11-13-21(14-12-19)27-24-18-26(20-9-6-5-7-10-20)29-25-16-15-22(28-2)17-23(24)25/h5-7,9-18H,3-4,8H2,1-2H3. The van der Waals surface area contributed by atoms with Crippen LogP contribution in [0.3, 0.4) is 0 Å². The van der Waals surface area contributed by atoms with Crippen molar-refractivity contribution in [3.63, 3.8) is 0 Å². The largest absolute Gasteiger partial charge is 0.497 e. The van der Waals surface area contributed by atoms with Crippen molar-refractivity contribution in [1.29, 1.82) is 0 Å². The topological polar surface area (TPSA) is 34.7 Å². The van der Waals surface area contributed by atoms with Gasteiger partial charge in [0.25, 0.3) is 0 Å². The summed E-state index contributed by atoms with van der Waals surface area (Å²) in [5.41, 5.74) is 4.09. The van der Waals surface area contributed by atoms with Gasteiger partial charge in [0, 0.05) is 17.0 Å². The van der Waals surface area contributed by atoms with Gasteiger partial charge in [0.1, 0.15) is 17.1 Å². The molecule has 29 heavy (non-hydrogen) atoms. The van der Waals surface area contributed by atoms with E-state index in [1.165, 1.54) is 18.4 Å². The van der Waals surface area contributed by atoms with E-state index in [2.05, 4.69) is 31.2 Å². The Balaban J connectivity index is 1.85. The first-order valence-corrected chi connectivity index (χ1v) is 10.1. The van der Waals surface area contributed by atoms with E-state index >= 15 is 0 Å². The number of nitrogens with zero attached hydrogens (tertiary/aromatic N) is 1. The van der Waals surface area contributed by atoms with Crippen molar-refractivity contribution >= 4 is 16.7 Å². The summed E-state index contributed by atoms with van der Waals surface area (Å²) in [6, 6.07) is 26.4.